The largest absolute Gasteiger partial charge is 0.495 e. The molecule has 1 aliphatic heterocycles. The van der Waals surface area contributed by atoms with Crippen molar-refractivity contribution in [3.63, 3.8) is 0 Å². The van der Waals surface area contributed by atoms with Crippen LogP contribution in [0.5, 0.6) is 5.75 Å². The summed E-state index contributed by atoms with van der Waals surface area (Å²) >= 11 is 5.84. The van der Waals surface area contributed by atoms with Crippen LogP contribution in [0, 0.1) is 13.8 Å². The Morgan fingerprint density at radius 2 is 1.83 bits per heavy atom. The Labute approximate surface area is 241 Å². The molecule has 1 saturated heterocycles. The summed E-state index contributed by atoms with van der Waals surface area (Å²) in [5.74, 6) is 0.234. The van der Waals surface area contributed by atoms with Gasteiger partial charge in [-0.1, -0.05) is 12.1 Å². The molecule has 4 aromatic rings. The number of pyridine rings is 1. The van der Waals surface area contributed by atoms with Gasteiger partial charge in [-0.2, -0.15) is 13.2 Å². The third-order valence-electron chi connectivity index (χ3n) is 7.09. The highest BCUT2D eigenvalue weighted by molar-refractivity contribution is 7.80. The van der Waals surface area contributed by atoms with Crippen LogP contribution in [0.25, 0.3) is 5.69 Å². The summed E-state index contributed by atoms with van der Waals surface area (Å²) in [4.78, 5) is 18.4. The lowest BCUT2D eigenvalue weighted by atomic mass is 9.96. The number of anilines is 2. The van der Waals surface area contributed by atoms with Gasteiger partial charge in [0.05, 0.1) is 36.1 Å². The number of alkyl halides is 3. The second-order valence-corrected chi connectivity index (χ2v) is 10.2. The first-order chi connectivity index (χ1) is 19.5. The minimum atomic E-state index is -4.46. The van der Waals surface area contributed by atoms with E-state index < -0.39 is 17.8 Å². The Kier molecular flexibility index (Phi) is 7.48. The van der Waals surface area contributed by atoms with Gasteiger partial charge >= 0.3 is 6.18 Å². The molecule has 0 radical (unpaired) electrons. The van der Waals surface area contributed by atoms with Gasteiger partial charge in [0, 0.05) is 35.9 Å². The molecule has 0 saturated carbocycles. The van der Waals surface area contributed by atoms with E-state index in [-0.39, 0.29) is 11.9 Å². The van der Waals surface area contributed by atoms with Crippen LogP contribution < -0.4 is 20.3 Å². The van der Waals surface area contributed by atoms with E-state index in [1.54, 1.807) is 24.4 Å². The number of aryl methyl sites for hydroxylation is 1. The summed E-state index contributed by atoms with van der Waals surface area (Å²) in [6.45, 7) is 5.16. The van der Waals surface area contributed by atoms with E-state index in [0.717, 1.165) is 34.8 Å². The molecule has 212 valence electrons. The van der Waals surface area contributed by atoms with Crippen LogP contribution in [0.4, 0.5) is 24.5 Å². The zero-order valence-corrected chi connectivity index (χ0v) is 23.6. The highest BCUT2D eigenvalue weighted by Gasteiger charge is 2.42. The van der Waals surface area contributed by atoms with E-state index in [9.17, 15) is 18.0 Å². The molecule has 0 aliphatic carbocycles. The molecule has 0 unspecified atom stereocenters. The quantitative estimate of drug-likeness (QED) is 0.249. The molecule has 2 atom stereocenters. The van der Waals surface area contributed by atoms with Crippen LogP contribution in [0.15, 0.2) is 72.9 Å². The predicted octanol–water partition coefficient (Wildman–Crippen LogP) is 6.65. The number of carbonyl (C=O) groups is 1. The first-order valence-corrected chi connectivity index (χ1v) is 13.2. The number of nitrogens with one attached hydrogen (secondary N) is 2. The van der Waals surface area contributed by atoms with Crippen molar-refractivity contribution in [3.8, 4) is 11.4 Å². The molecule has 1 fully saturated rings. The van der Waals surface area contributed by atoms with Gasteiger partial charge in [0.25, 0.3) is 0 Å². The molecule has 41 heavy (non-hydrogen) atoms. The lowest BCUT2D eigenvalue weighted by Gasteiger charge is -2.29. The topological polar surface area (TPSA) is 71.4 Å². The Morgan fingerprint density at radius 3 is 2.49 bits per heavy atom. The Morgan fingerprint density at radius 1 is 1.05 bits per heavy atom. The van der Waals surface area contributed by atoms with Gasteiger partial charge in [0.1, 0.15) is 5.75 Å². The standard InChI is InChI=1S/C30H28F3N5O2S/c1-17-14-23(18(2)37(17)21-9-7-8-20(15-21)30(31,32)33)28-27(24-10-5-6-13-34-24)36-29(41)38(28)22-11-12-26(40-4)25(16-22)35-19(3)39/h5-16,27-28H,1-4H3,(H,35,39)(H,36,41)/t27-,28+/m1/s1. The fraction of sp³-hybridized carbons (Fsp3) is 0.233. The monoisotopic (exact) mass is 579 g/mol. The van der Waals surface area contributed by atoms with Crippen molar-refractivity contribution in [3.05, 3.63) is 101 Å². The number of amides is 1. The maximum atomic E-state index is 13.5. The van der Waals surface area contributed by atoms with Gasteiger partial charge in [0.15, 0.2) is 5.11 Å². The minimum Gasteiger partial charge on any atom is -0.495 e. The second-order valence-electron chi connectivity index (χ2n) is 9.77. The van der Waals surface area contributed by atoms with E-state index >= 15 is 0 Å². The number of rotatable bonds is 6. The fourth-order valence-corrected chi connectivity index (χ4v) is 5.73. The Bertz CT molecular complexity index is 1620. The molecule has 5 rings (SSSR count). The molecule has 1 aliphatic rings. The van der Waals surface area contributed by atoms with Crippen LogP contribution >= 0.6 is 12.2 Å². The highest BCUT2D eigenvalue weighted by Crippen LogP contribution is 2.45. The molecular formula is C30H28F3N5O2S. The number of thiocarbonyl (C=S) groups is 1. The fourth-order valence-electron chi connectivity index (χ4n) is 5.39. The molecule has 0 bridgehead atoms. The SMILES string of the molecule is COc1ccc(N2C(=S)N[C@H](c3ccccn3)[C@@H]2c2cc(C)n(-c3cccc(C(F)(F)F)c3)c2C)cc1NC(C)=O. The lowest BCUT2D eigenvalue weighted by Crippen LogP contribution is -2.29. The molecule has 7 nitrogen and oxygen atoms in total. The average molecular weight is 580 g/mol. The number of aromatic nitrogens is 2. The summed E-state index contributed by atoms with van der Waals surface area (Å²) in [5.41, 5.74) is 4.01. The number of hydrogen-bond acceptors (Lipinski definition) is 4. The Hall–Kier alpha value is -4.38. The normalized spacial score (nSPS) is 17.0. The van der Waals surface area contributed by atoms with E-state index in [0.29, 0.717) is 27.9 Å². The first-order valence-electron chi connectivity index (χ1n) is 12.8. The summed E-state index contributed by atoms with van der Waals surface area (Å²) in [7, 11) is 1.52. The van der Waals surface area contributed by atoms with Crippen molar-refractivity contribution in [1.82, 2.24) is 14.9 Å². The van der Waals surface area contributed by atoms with Gasteiger partial charge in [-0.25, -0.2) is 0 Å². The number of hydrogen-bond donors (Lipinski definition) is 2. The molecule has 1 amide bonds. The van der Waals surface area contributed by atoms with Gasteiger partial charge in [-0.3, -0.25) is 9.78 Å². The minimum absolute atomic E-state index is 0.255. The Balaban J connectivity index is 1.68. The number of ether oxygens (including phenoxy) is 1. The van der Waals surface area contributed by atoms with E-state index in [4.69, 9.17) is 17.0 Å². The van der Waals surface area contributed by atoms with Crippen LogP contribution in [0.1, 0.15) is 47.2 Å². The van der Waals surface area contributed by atoms with Gasteiger partial charge in [-0.05, 0) is 86.2 Å². The average Bonchev–Trinajstić information content (AvgIpc) is 3.43. The van der Waals surface area contributed by atoms with Crippen LogP contribution in [-0.2, 0) is 11.0 Å². The van der Waals surface area contributed by atoms with Gasteiger partial charge in [-0.15, -0.1) is 0 Å². The summed E-state index contributed by atoms with van der Waals surface area (Å²) in [5, 5.41) is 6.64. The molecule has 2 aromatic carbocycles. The molecule has 3 heterocycles. The number of methoxy groups -OCH3 is 1. The smallest absolute Gasteiger partial charge is 0.416 e. The van der Waals surface area contributed by atoms with Crippen molar-refractivity contribution >= 4 is 34.6 Å². The van der Waals surface area contributed by atoms with E-state index in [1.165, 1.54) is 20.1 Å². The number of benzene rings is 2. The number of carbonyl (C=O) groups excluding carboxylic acids is 1. The third kappa shape index (κ3) is 5.37. The maximum Gasteiger partial charge on any atom is 0.416 e. The molecule has 0 spiro atoms. The molecular weight excluding hydrogens is 551 g/mol. The molecule has 11 heteroatoms. The van der Waals surface area contributed by atoms with Crippen molar-refractivity contribution in [2.24, 2.45) is 0 Å². The predicted molar refractivity (Wildman–Crippen MR) is 155 cm³/mol. The van der Waals surface area contributed by atoms with E-state index in [1.807, 2.05) is 53.6 Å². The van der Waals surface area contributed by atoms with Crippen LogP contribution in [-0.4, -0.2) is 27.7 Å². The lowest BCUT2D eigenvalue weighted by molar-refractivity contribution is -0.137. The van der Waals surface area contributed by atoms with Crippen molar-refractivity contribution in [2.45, 2.75) is 39.0 Å². The molecule has 2 aromatic heterocycles. The number of halogens is 3. The van der Waals surface area contributed by atoms with Gasteiger partial charge < -0.3 is 24.8 Å². The third-order valence-corrected chi connectivity index (χ3v) is 7.41. The summed E-state index contributed by atoms with van der Waals surface area (Å²) in [6, 6.07) is 17.5. The summed E-state index contributed by atoms with van der Waals surface area (Å²) < 4.78 is 47.9. The molecule has 2 N–H and O–H groups in total. The highest BCUT2D eigenvalue weighted by atomic mass is 32.1. The van der Waals surface area contributed by atoms with Crippen molar-refractivity contribution < 1.29 is 22.7 Å². The first kappa shape index (κ1) is 28.2. The second kappa shape index (κ2) is 10.9. The van der Waals surface area contributed by atoms with Gasteiger partial charge in [0.2, 0.25) is 5.91 Å². The van der Waals surface area contributed by atoms with E-state index in [2.05, 4.69) is 15.6 Å². The maximum absolute atomic E-state index is 13.5. The number of nitrogens with zero attached hydrogens (tertiary/aromatic N) is 3. The van der Waals surface area contributed by atoms with Crippen LogP contribution in [0.2, 0.25) is 0 Å². The van der Waals surface area contributed by atoms with Crippen molar-refractivity contribution in [1.29, 1.82) is 0 Å². The van der Waals surface area contributed by atoms with Crippen molar-refractivity contribution in [2.75, 3.05) is 17.3 Å². The zero-order valence-electron chi connectivity index (χ0n) is 22.8. The zero-order chi connectivity index (χ0) is 29.5. The van der Waals surface area contributed by atoms with Crippen LogP contribution in [0.3, 0.4) is 0 Å². The summed E-state index contributed by atoms with van der Waals surface area (Å²) in [6.07, 6.45) is -2.76.